The van der Waals surface area contributed by atoms with Crippen LogP contribution in [0, 0.1) is 0 Å². The summed E-state index contributed by atoms with van der Waals surface area (Å²) >= 11 is 0. The molecule has 1 aromatic heterocycles. The van der Waals surface area contributed by atoms with Crippen LogP contribution in [0.15, 0.2) is 36.6 Å². The van der Waals surface area contributed by atoms with Crippen LogP contribution in [0.5, 0.6) is 0 Å². The van der Waals surface area contributed by atoms with E-state index in [1.807, 2.05) is 13.2 Å². The van der Waals surface area contributed by atoms with E-state index in [0.29, 0.717) is 6.04 Å². The van der Waals surface area contributed by atoms with E-state index in [4.69, 9.17) is 0 Å². The number of nitrogens with zero attached hydrogens (tertiary/aromatic N) is 1. The molecule has 0 spiro atoms. The number of pyridine rings is 1. The molecular formula is C14H19N3. The second kappa shape index (κ2) is 5.53. The van der Waals surface area contributed by atoms with Crippen molar-refractivity contribution in [3.63, 3.8) is 0 Å². The van der Waals surface area contributed by atoms with Gasteiger partial charge < -0.3 is 10.6 Å². The Morgan fingerprint density at radius 3 is 2.94 bits per heavy atom. The summed E-state index contributed by atoms with van der Waals surface area (Å²) in [6.45, 7) is 2.14. The van der Waals surface area contributed by atoms with Crippen LogP contribution in [-0.2, 0) is 6.42 Å². The minimum atomic E-state index is 0.381. The quantitative estimate of drug-likeness (QED) is 0.833. The van der Waals surface area contributed by atoms with Crippen LogP contribution < -0.4 is 10.6 Å². The first-order chi connectivity index (χ1) is 8.33. The fourth-order valence-electron chi connectivity index (χ4n) is 1.99. The van der Waals surface area contributed by atoms with Gasteiger partial charge in [0, 0.05) is 13.1 Å². The number of hydrogen-bond acceptors (Lipinski definition) is 3. The zero-order valence-corrected chi connectivity index (χ0v) is 10.4. The molecule has 17 heavy (non-hydrogen) atoms. The monoisotopic (exact) mass is 229 g/mol. The Morgan fingerprint density at radius 2 is 2.29 bits per heavy atom. The molecule has 0 saturated heterocycles. The van der Waals surface area contributed by atoms with Crippen molar-refractivity contribution < 1.29 is 0 Å². The van der Waals surface area contributed by atoms with Crippen molar-refractivity contribution >= 4 is 11.5 Å². The van der Waals surface area contributed by atoms with E-state index in [-0.39, 0.29) is 0 Å². The van der Waals surface area contributed by atoms with Gasteiger partial charge in [-0.15, -0.1) is 0 Å². The van der Waals surface area contributed by atoms with Crippen molar-refractivity contribution in [2.75, 3.05) is 17.7 Å². The first-order valence-electron chi connectivity index (χ1n) is 6.10. The molecule has 0 bridgehead atoms. The smallest absolute Gasteiger partial charge is 0.129 e. The lowest BCUT2D eigenvalue weighted by Crippen LogP contribution is -2.17. The van der Waals surface area contributed by atoms with Crippen molar-refractivity contribution in [2.45, 2.75) is 25.8 Å². The molecule has 1 aliphatic rings. The summed E-state index contributed by atoms with van der Waals surface area (Å²) in [5.41, 5.74) is 2.33. The van der Waals surface area contributed by atoms with Crippen LogP contribution in [0.4, 0.5) is 11.5 Å². The number of aryl methyl sites for hydroxylation is 1. The van der Waals surface area contributed by atoms with Crippen LogP contribution in [0.25, 0.3) is 0 Å². The number of anilines is 2. The highest BCUT2D eigenvalue weighted by Gasteiger charge is 2.07. The number of allylic oxidation sites excluding steroid dienone is 2. The zero-order valence-electron chi connectivity index (χ0n) is 10.4. The van der Waals surface area contributed by atoms with E-state index in [2.05, 4.69) is 52.9 Å². The molecule has 3 heteroatoms. The lowest BCUT2D eigenvalue weighted by Gasteiger charge is -2.17. The summed E-state index contributed by atoms with van der Waals surface area (Å²) in [5, 5.41) is 6.59. The number of hydrogen-bond donors (Lipinski definition) is 2. The highest BCUT2D eigenvalue weighted by Crippen LogP contribution is 2.19. The molecule has 2 N–H and O–H groups in total. The number of rotatable bonds is 4. The Balaban J connectivity index is 2.11. The molecule has 1 aliphatic carbocycles. The van der Waals surface area contributed by atoms with Gasteiger partial charge in [0.2, 0.25) is 0 Å². The third-order valence-corrected chi connectivity index (χ3v) is 2.92. The number of nitrogens with one attached hydrogen (secondary N) is 2. The van der Waals surface area contributed by atoms with Crippen LogP contribution in [0.3, 0.4) is 0 Å². The van der Waals surface area contributed by atoms with Gasteiger partial charge in [0.05, 0.1) is 11.9 Å². The highest BCUT2D eigenvalue weighted by atomic mass is 15.0. The maximum Gasteiger partial charge on any atom is 0.129 e. The third kappa shape index (κ3) is 2.87. The largest absolute Gasteiger partial charge is 0.377 e. The fourth-order valence-corrected chi connectivity index (χ4v) is 1.99. The standard InChI is InChI=1S/C14H19N3/c1-3-11-9-13(10-16-14(11)15-2)17-12-7-5-4-6-8-12/h4-7,9-10,12,17H,3,8H2,1-2H3,(H,15,16). The lowest BCUT2D eigenvalue weighted by molar-refractivity contribution is 0.880. The topological polar surface area (TPSA) is 37.0 Å². The Labute approximate surface area is 103 Å². The van der Waals surface area contributed by atoms with E-state index in [9.17, 15) is 0 Å². The van der Waals surface area contributed by atoms with Gasteiger partial charge in [-0.2, -0.15) is 0 Å². The average Bonchev–Trinajstić information content (AvgIpc) is 2.40. The third-order valence-electron chi connectivity index (χ3n) is 2.92. The molecule has 2 rings (SSSR count). The van der Waals surface area contributed by atoms with Crippen molar-refractivity contribution in [3.8, 4) is 0 Å². The van der Waals surface area contributed by atoms with Gasteiger partial charge in [-0.05, 0) is 24.5 Å². The van der Waals surface area contributed by atoms with E-state index >= 15 is 0 Å². The van der Waals surface area contributed by atoms with Gasteiger partial charge >= 0.3 is 0 Å². The first kappa shape index (κ1) is 11.7. The fraction of sp³-hybridized carbons (Fsp3) is 0.357. The summed E-state index contributed by atoms with van der Waals surface area (Å²) in [4.78, 5) is 4.42. The van der Waals surface area contributed by atoms with Crippen LogP contribution in [0.1, 0.15) is 18.9 Å². The number of aromatic nitrogens is 1. The van der Waals surface area contributed by atoms with E-state index in [0.717, 1.165) is 24.3 Å². The lowest BCUT2D eigenvalue weighted by atomic mass is 10.1. The Kier molecular flexibility index (Phi) is 3.81. The molecule has 1 aromatic rings. The van der Waals surface area contributed by atoms with E-state index < -0.39 is 0 Å². The molecule has 0 amide bonds. The highest BCUT2D eigenvalue weighted by molar-refractivity contribution is 5.54. The zero-order chi connectivity index (χ0) is 12.1. The Morgan fingerprint density at radius 1 is 1.41 bits per heavy atom. The summed E-state index contributed by atoms with van der Waals surface area (Å²) in [6, 6.07) is 2.55. The van der Waals surface area contributed by atoms with E-state index in [1.165, 1.54) is 5.56 Å². The minimum absolute atomic E-state index is 0.381. The molecule has 0 aromatic carbocycles. The van der Waals surface area contributed by atoms with Crippen molar-refractivity contribution in [3.05, 3.63) is 42.1 Å². The predicted molar refractivity (Wildman–Crippen MR) is 73.5 cm³/mol. The molecule has 1 heterocycles. The van der Waals surface area contributed by atoms with Crippen molar-refractivity contribution in [1.29, 1.82) is 0 Å². The molecule has 0 aliphatic heterocycles. The van der Waals surface area contributed by atoms with Gasteiger partial charge in [-0.1, -0.05) is 31.2 Å². The minimum Gasteiger partial charge on any atom is -0.377 e. The van der Waals surface area contributed by atoms with E-state index in [1.54, 1.807) is 0 Å². The molecule has 1 unspecified atom stereocenters. The maximum atomic E-state index is 4.42. The maximum absolute atomic E-state index is 4.42. The molecule has 0 fully saturated rings. The molecule has 1 atom stereocenters. The van der Waals surface area contributed by atoms with Crippen LogP contribution in [-0.4, -0.2) is 18.1 Å². The molecular weight excluding hydrogens is 210 g/mol. The normalized spacial score (nSPS) is 18.1. The summed E-state index contributed by atoms with van der Waals surface area (Å²) in [5.74, 6) is 0.970. The van der Waals surface area contributed by atoms with Crippen LogP contribution in [0.2, 0.25) is 0 Å². The Bertz CT molecular complexity index is 435. The second-order valence-electron chi connectivity index (χ2n) is 4.13. The second-order valence-corrected chi connectivity index (χ2v) is 4.13. The first-order valence-corrected chi connectivity index (χ1v) is 6.10. The van der Waals surface area contributed by atoms with Gasteiger partial charge in [-0.3, -0.25) is 0 Å². The molecule has 0 radical (unpaired) electrons. The summed E-state index contributed by atoms with van der Waals surface area (Å²) < 4.78 is 0. The van der Waals surface area contributed by atoms with Gasteiger partial charge in [0.25, 0.3) is 0 Å². The van der Waals surface area contributed by atoms with Crippen LogP contribution >= 0.6 is 0 Å². The van der Waals surface area contributed by atoms with Crippen molar-refractivity contribution in [1.82, 2.24) is 4.98 Å². The average molecular weight is 229 g/mol. The van der Waals surface area contributed by atoms with Crippen molar-refractivity contribution in [2.24, 2.45) is 0 Å². The van der Waals surface area contributed by atoms with Gasteiger partial charge in [0.1, 0.15) is 5.82 Å². The van der Waals surface area contributed by atoms with Gasteiger partial charge in [-0.25, -0.2) is 4.98 Å². The SMILES string of the molecule is CCc1cc(NC2C=CC=CC2)cnc1NC. The van der Waals surface area contributed by atoms with Gasteiger partial charge in [0.15, 0.2) is 0 Å². The molecule has 3 nitrogen and oxygen atoms in total. The summed E-state index contributed by atoms with van der Waals surface area (Å²) in [6.07, 6.45) is 12.4. The predicted octanol–water partition coefficient (Wildman–Crippen LogP) is 2.98. The summed E-state index contributed by atoms with van der Waals surface area (Å²) in [7, 11) is 1.91. The Hall–Kier alpha value is -1.77. The molecule has 0 saturated carbocycles. The molecule has 90 valence electrons.